The second-order valence-corrected chi connectivity index (χ2v) is 7.47. The molecule has 1 aromatic heterocycles. The molecule has 0 bridgehead atoms. The number of aliphatic imine (C=N–C) groups is 1. The quantitative estimate of drug-likeness (QED) is 0.722. The van der Waals surface area contributed by atoms with Gasteiger partial charge in [-0.15, -0.1) is 10.2 Å². The zero-order chi connectivity index (χ0) is 19.8. The van der Waals surface area contributed by atoms with Crippen molar-refractivity contribution < 1.29 is 4.74 Å². The number of rotatable bonds is 4. The SMILES string of the molecule is COc1ccc2c(c1)C(c1ccc(Cl)cc1)=N[C@@H](NC(C)C)c1nnc(C)n1-2. The predicted octanol–water partition coefficient (Wildman–Crippen LogP) is 4.09. The second kappa shape index (κ2) is 7.37. The maximum absolute atomic E-state index is 6.11. The van der Waals surface area contributed by atoms with E-state index in [0.717, 1.165) is 39.9 Å². The monoisotopic (exact) mass is 395 g/mol. The number of hydrogen-bond acceptors (Lipinski definition) is 5. The van der Waals surface area contributed by atoms with E-state index in [-0.39, 0.29) is 12.2 Å². The lowest BCUT2D eigenvalue weighted by Gasteiger charge is -2.16. The molecule has 2 aromatic carbocycles. The lowest BCUT2D eigenvalue weighted by Crippen LogP contribution is -2.29. The van der Waals surface area contributed by atoms with Gasteiger partial charge in [0.2, 0.25) is 0 Å². The molecule has 6 nitrogen and oxygen atoms in total. The lowest BCUT2D eigenvalue weighted by atomic mass is 10.00. The summed E-state index contributed by atoms with van der Waals surface area (Å²) in [6, 6.07) is 13.9. The molecule has 28 heavy (non-hydrogen) atoms. The molecule has 0 saturated carbocycles. The van der Waals surface area contributed by atoms with Crippen LogP contribution in [0.3, 0.4) is 0 Å². The zero-order valence-corrected chi connectivity index (χ0v) is 17.0. The highest BCUT2D eigenvalue weighted by atomic mass is 35.5. The molecule has 1 atom stereocenters. The van der Waals surface area contributed by atoms with Crippen molar-refractivity contribution in [3.05, 3.63) is 70.3 Å². The standard InChI is InChI=1S/C21H22ClN5O/c1-12(2)23-20-21-26-25-13(3)27(21)18-10-9-16(28-4)11-17(18)19(24-20)14-5-7-15(22)8-6-14/h5-12,20,23H,1-4H3/t20-/m1/s1. The molecule has 0 amide bonds. The van der Waals surface area contributed by atoms with Crippen LogP contribution in [0.2, 0.25) is 5.02 Å². The molecule has 1 aliphatic heterocycles. The first kappa shape index (κ1) is 18.7. The Balaban J connectivity index is 2.01. The van der Waals surface area contributed by atoms with E-state index in [0.29, 0.717) is 5.02 Å². The van der Waals surface area contributed by atoms with E-state index < -0.39 is 0 Å². The number of aromatic nitrogens is 3. The Morgan fingerprint density at radius 3 is 2.54 bits per heavy atom. The van der Waals surface area contributed by atoms with E-state index in [4.69, 9.17) is 21.3 Å². The van der Waals surface area contributed by atoms with Gasteiger partial charge in [-0.3, -0.25) is 14.9 Å². The highest BCUT2D eigenvalue weighted by molar-refractivity contribution is 6.30. The Labute approximate surface area is 169 Å². The molecule has 0 fully saturated rings. The van der Waals surface area contributed by atoms with Crippen LogP contribution in [0.25, 0.3) is 5.69 Å². The van der Waals surface area contributed by atoms with E-state index in [1.807, 2.05) is 49.4 Å². The van der Waals surface area contributed by atoms with Gasteiger partial charge in [0.15, 0.2) is 12.0 Å². The topological polar surface area (TPSA) is 64.3 Å². The first-order valence-electron chi connectivity index (χ1n) is 9.18. The van der Waals surface area contributed by atoms with Crippen molar-refractivity contribution in [1.29, 1.82) is 0 Å². The fourth-order valence-electron chi connectivity index (χ4n) is 3.40. The number of aryl methyl sites for hydroxylation is 1. The lowest BCUT2D eigenvalue weighted by molar-refractivity contribution is 0.414. The van der Waals surface area contributed by atoms with Gasteiger partial charge in [0.1, 0.15) is 11.6 Å². The Hall–Kier alpha value is -2.70. The van der Waals surface area contributed by atoms with Crippen LogP contribution < -0.4 is 10.1 Å². The average molecular weight is 396 g/mol. The second-order valence-electron chi connectivity index (χ2n) is 7.03. The molecule has 4 rings (SSSR count). The number of halogens is 1. The number of hydrogen-bond donors (Lipinski definition) is 1. The van der Waals surface area contributed by atoms with Crippen LogP contribution in [0, 0.1) is 6.92 Å². The molecular formula is C21H22ClN5O. The summed E-state index contributed by atoms with van der Waals surface area (Å²) in [7, 11) is 1.66. The third-order valence-electron chi connectivity index (χ3n) is 4.66. The smallest absolute Gasteiger partial charge is 0.177 e. The first-order valence-corrected chi connectivity index (χ1v) is 9.56. The van der Waals surface area contributed by atoms with Crippen LogP contribution in [-0.4, -0.2) is 33.6 Å². The number of nitrogens with zero attached hydrogens (tertiary/aromatic N) is 4. The zero-order valence-electron chi connectivity index (χ0n) is 16.3. The summed E-state index contributed by atoms with van der Waals surface area (Å²) in [4.78, 5) is 5.07. The molecule has 0 unspecified atom stereocenters. The summed E-state index contributed by atoms with van der Waals surface area (Å²) in [6.07, 6.45) is -0.328. The molecule has 0 radical (unpaired) electrons. The van der Waals surface area contributed by atoms with E-state index in [9.17, 15) is 0 Å². The molecule has 7 heteroatoms. The Kier molecular flexibility index (Phi) is 4.91. The average Bonchev–Trinajstić information content (AvgIpc) is 3.00. The van der Waals surface area contributed by atoms with Crippen molar-refractivity contribution >= 4 is 17.3 Å². The summed E-state index contributed by atoms with van der Waals surface area (Å²) >= 11 is 6.11. The minimum Gasteiger partial charge on any atom is -0.497 e. The third-order valence-corrected chi connectivity index (χ3v) is 4.91. The highest BCUT2D eigenvalue weighted by Crippen LogP contribution is 2.32. The van der Waals surface area contributed by atoms with Crippen molar-refractivity contribution in [3.63, 3.8) is 0 Å². The Morgan fingerprint density at radius 2 is 1.86 bits per heavy atom. The Bertz CT molecular complexity index is 1040. The van der Waals surface area contributed by atoms with Crippen molar-refractivity contribution in [2.75, 3.05) is 7.11 Å². The predicted molar refractivity (Wildman–Crippen MR) is 111 cm³/mol. The van der Waals surface area contributed by atoms with Gasteiger partial charge in [0.25, 0.3) is 0 Å². The van der Waals surface area contributed by atoms with Crippen LogP contribution in [0.4, 0.5) is 0 Å². The third kappa shape index (κ3) is 3.30. The molecular weight excluding hydrogens is 374 g/mol. The number of fused-ring (bicyclic) bond motifs is 3. The molecule has 0 saturated heterocycles. The highest BCUT2D eigenvalue weighted by Gasteiger charge is 2.28. The fourth-order valence-corrected chi connectivity index (χ4v) is 3.53. The van der Waals surface area contributed by atoms with Gasteiger partial charge in [0.05, 0.1) is 18.5 Å². The minimum atomic E-state index is -0.328. The molecule has 1 aliphatic rings. The van der Waals surface area contributed by atoms with E-state index in [1.165, 1.54) is 0 Å². The van der Waals surface area contributed by atoms with Crippen LogP contribution in [-0.2, 0) is 0 Å². The molecule has 1 N–H and O–H groups in total. The van der Waals surface area contributed by atoms with Gasteiger partial charge >= 0.3 is 0 Å². The van der Waals surface area contributed by atoms with Crippen LogP contribution in [0.15, 0.2) is 47.5 Å². The van der Waals surface area contributed by atoms with E-state index in [1.54, 1.807) is 7.11 Å². The van der Waals surface area contributed by atoms with Gasteiger partial charge < -0.3 is 4.74 Å². The van der Waals surface area contributed by atoms with Crippen LogP contribution in [0.1, 0.15) is 42.8 Å². The normalized spacial score (nSPS) is 15.6. The van der Waals surface area contributed by atoms with Crippen LogP contribution >= 0.6 is 11.6 Å². The van der Waals surface area contributed by atoms with Gasteiger partial charge in [-0.2, -0.15) is 0 Å². The van der Waals surface area contributed by atoms with Gasteiger partial charge in [-0.25, -0.2) is 0 Å². The van der Waals surface area contributed by atoms with Crippen molar-refractivity contribution in [2.45, 2.75) is 33.0 Å². The molecule has 0 aliphatic carbocycles. The van der Waals surface area contributed by atoms with Crippen molar-refractivity contribution in [3.8, 4) is 11.4 Å². The first-order chi connectivity index (χ1) is 13.5. The maximum atomic E-state index is 6.11. The summed E-state index contributed by atoms with van der Waals surface area (Å²) in [5.74, 6) is 2.34. The summed E-state index contributed by atoms with van der Waals surface area (Å²) in [5.41, 5.74) is 3.76. The van der Waals surface area contributed by atoms with E-state index in [2.05, 4.69) is 33.9 Å². The van der Waals surface area contributed by atoms with E-state index >= 15 is 0 Å². The summed E-state index contributed by atoms with van der Waals surface area (Å²) in [6.45, 7) is 6.13. The Morgan fingerprint density at radius 1 is 1.11 bits per heavy atom. The van der Waals surface area contributed by atoms with Crippen LogP contribution in [0.5, 0.6) is 5.75 Å². The number of benzene rings is 2. The molecule has 144 valence electrons. The molecule has 3 aromatic rings. The molecule has 2 heterocycles. The van der Waals surface area contributed by atoms with Crippen molar-refractivity contribution in [2.24, 2.45) is 4.99 Å². The minimum absolute atomic E-state index is 0.224. The van der Waals surface area contributed by atoms with Gasteiger partial charge in [-0.05, 0) is 51.1 Å². The largest absolute Gasteiger partial charge is 0.497 e. The number of ether oxygens (including phenoxy) is 1. The fraction of sp³-hybridized carbons (Fsp3) is 0.286. The van der Waals surface area contributed by atoms with Crippen molar-refractivity contribution in [1.82, 2.24) is 20.1 Å². The molecule has 0 spiro atoms. The maximum Gasteiger partial charge on any atom is 0.177 e. The number of methoxy groups -OCH3 is 1. The summed E-state index contributed by atoms with van der Waals surface area (Å²) in [5, 5.41) is 12.9. The van der Waals surface area contributed by atoms with Gasteiger partial charge in [-0.1, -0.05) is 23.7 Å². The van der Waals surface area contributed by atoms with Gasteiger partial charge in [0, 0.05) is 22.2 Å². The number of nitrogens with one attached hydrogen (secondary N) is 1. The summed E-state index contributed by atoms with van der Waals surface area (Å²) < 4.78 is 7.54.